The van der Waals surface area contributed by atoms with Crippen molar-refractivity contribution < 1.29 is 18.7 Å². The summed E-state index contributed by atoms with van der Waals surface area (Å²) in [7, 11) is 0. The Kier molecular flexibility index (Phi) is 4.85. The SMILES string of the molecule is CCOC(=O)c1ccc(N2C(=O)CSC2c2ccc(F)cc2)cc1. The molecule has 0 N–H and O–H groups in total. The number of amides is 1. The third-order valence-electron chi connectivity index (χ3n) is 3.68. The van der Waals surface area contributed by atoms with Crippen LogP contribution in [0, 0.1) is 5.82 Å². The van der Waals surface area contributed by atoms with Crippen molar-refractivity contribution in [2.45, 2.75) is 12.3 Å². The van der Waals surface area contributed by atoms with Gasteiger partial charge in [0.05, 0.1) is 17.9 Å². The van der Waals surface area contributed by atoms with Crippen LogP contribution >= 0.6 is 11.8 Å². The minimum absolute atomic E-state index is 0.0155. The molecule has 1 saturated heterocycles. The molecule has 0 spiro atoms. The summed E-state index contributed by atoms with van der Waals surface area (Å²) in [6.07, 6.45) is 0. The van der Waals surface area contributed by atoms with Crippen molar-refractivity contribution in [3.8, 4) is 0 Å². The van der Waals surface area contributed by atoms with Crippen LogP contribution in [0.2, 0.25) is 0 Å². The van der Waals surface area contributed by atoms with Crippen molar-refractivity contribution in [2.24, 2.45) is 0 Å². The van der Waals surface area contributed by atoms with Crippen molar-refractivity contribution >= 4 is 29.3 Å². The van der Waals surface area contributed by atoms with E-state index in [4.69, 9.17) is 4.74 Å². The van der Waals surface area contributed by atoms with Gasteiger partial charge < -0.3 is 4.74 Å². The number of carbonyl (C=O) groups excluding carboxylic acids is 2. The lowest BCUT2D eigenvalue weighted by atomic mass is 10.1. The molecular formula is C18H16FNO3S. The standard InChI is InChI=1S/C18H16FNO3S/c1-2-23-18(22)13-5-9-15(10-6-13)20-16(21)11-24-17(20)12-3-7-14(19)8-4-12/h3-10,17H,2,11H2,1H3. The van der Waals surface area contributed by atoms with Gasteiger partial charge in [0.15, 0.2) is 0 Å². The van der Waals surface area contributed by atoms with Crippen LogP contribution < -0.4 is 4.90 Å². The van der Waals surface area contributed by atoms with Gasteiger partial charge in [-0.05, 0) is 48.9 Å². The second-order valence-electron chi connectivity index (χ2n) is 5.25. The van der Waals surface area contributed by atoms with Gasteiger partial charge in [0.25, 0.3) is 0 Å². The van der Waals surface area contributed by atoms with Crippen LogP contribution in [0.25, 0.3) is 0 Å². The van der Waals surface area contributed by atoms with Crippen LogP contribution in [-0.2, 0) is 9.53 Å². The van der Waals surface area contributed by atoms with E-state index in [9.17, 15) is 14.0 Å². The fraction of sp³-hybridized carbons (Fsp3) is 0.222. The lowest BCUT2D eigenvalue weighted by Gasteiger charge is -2.24. The molecule has 6 heteroatoms. The molecule has 3 rings (SSSR count). The molecule has 0 aliphatic carbocycles. The lowest BCUT2D eigenvalue weighted by molar-refractivity contribution is -0.115. The van der Waals surface area contributed by atoms with E-state index in [1.807, 2.05) is 0 Å². The van der Waals surface area contributed by atoms with Crippen molar-refractivity contribution in [3.63, 3.8) is 0 Å². The summed E-state index contributed by atoms with van der Waals surface area (Å²) in [6.45, 7) is 2.06. The maximum atomic E-state index is 13.1. The maximum Gasteiger partial charge on any atom is 0.338 e. The predicted molar refractivity (Wildman–Crippen MR) is 91.5 cm³/mol. The molecule has 1 atom stereocenters. The van der Waals surface area contributed by atoms with Gasteiger partial charge in [0.1, 0.15) is 11.2 Å². The summed E-state index contributed by atoms with van der Waals surface area (Å²) in [5, 5.41) is -0.202. The minimum atomic E-state index is -0.388. The number of thioether (sulfide) groups is 1. The van der Waals surface area contributed by atoms with E-state index in [0.717, 1.165) is 5.56 Å². The van der Waals surface area contributed by atoms with E-state index in [-0.39, 0.29) is 23.1 Å². The third kappa shape index (κ3) is 3.28. The Balaban J connectivity index is 1.86. The summed E-state index contributed by atoms with van der Waals surface area (Å²) in [5.41, 5.74) is 2.01. The molecule has 124 valence electrons. The number of ether oxygens (including phenoxy) is 1. The highest BCUT2D eigenvalue weighted by Gasteiger charge is 2.34. The van der Waals surface area contributed by atoms with E-state index in [1.54, 1.807) is 48.2 Å². The smallest absolute Gasteiger partial charge is 0.338 e. The van der Waals surface area contributed by atoms with Gasteiger partial charge in [-0.1, -0.05) is 12.1 Å². The van der Waals surface area contributed by atoms with Crippen LogP contribution in [0.5, 0.6) is 0 Å². The third-order valence-corrected chi connectivity index (χ3v) is 4.89. The molecule has 4 nitrogen and oxygen atoms in total. The lowest BCUT2D eigenvalue weighted by Crippen LogP contribution is -2.27. The Morgan fingerprint density at radius 2 is 1.88 bits per heavy atom. The van der Waals surface area contributed by atoms with Gasteiger partial charge >= 0.3 is 5.97 Å². The molecule has 0 bridgehead atoms. The summed E-state index contributed by atoms with van der Waals surface area (Å²) < 4.78 is 18.1. The first-order valence-corrected chi connectivity index (χ1v) is 8.61. The zero-order valence-electron chi connectivity index (χ0n) is 13.1. The van der Waals surface area contributed by atoms with Crippen molar-refractivity contribution in [1.29, 1.82) is 0 Å². The first kappa shape index (κ1) is 16.5. The fourth-order valence-corrected chi connectivity index (χ4v) is 3.73. The number of benzene rings is 2. The van der Waals surface area contributed by atoms with Crippen molar-refractivity contribution in [1.82, 2.24) is 0 Å². The van der Waals surface area contributed by atoms with Crippen LogP contribution in [0.3, 0.4) is 0 Å². The average molecular weight is 345 g/mol. The highest BCUT2D eigenvalue weighted by Crippen LogP contribution is 2.41. The summed E-state index contributed by atoms with van der Waals surface area (Å²) in [4.78, 5) is 25.7. The van der Waals surface area contributed by atoms with Crippen LogP contribution in [-0.4, -0.2) is 24.2 Å². The van der Waals surface area contributed by atoms with E-state index in [1.165, 1.54) is 23.9 Å². The first-order chi connectivity index (χ1) is 11.6. The Morgan fingerprint density at radius 3 is 2.50 bits per heavy atom. The van der Waals surface area contributed by atoms with E-state index >= 15 is 0 Å². The Labute approximate surface area is 143 Å². The molecule has 1 unspecified atom stereocenters. The number of hydrogen-bond donors (Lipinski definition) is 0. The van der Waals surface area contributed by atoms with Gasteiger partial charge in [0, 0.05) is 5.69 Å². The number of carbonyl (C=O) groups is 2. The number of hydrogen-bond acceptors (Lipinski definition) is 4. The second kappa shape index (κ2) is 7.05. The van der Waals surface area contributed by atoms with Gasteiger partial charge in [-0.2, -0.15) is 0 Å². The average Bonchev–Trinajstić information content (AvgIpc) is 2.97. The van der Waals surface area contributed by atoms with Gasteiger partial charge in [-0.15, -0.1) is 11.8 Å². The van der Waals surface area contributed by atoms with E-state index in [2.05, 4.69) is 0 Å². The van der Waals surface area contributed by atoms with Crippen LogP contribution in [0.15, 0.2) is 48.5 Å². The number of anilines is 1. The Morgan fingerprint density at radius 1 is 1.21 bits per heavy atom. The molecule has 1 fully saturated rings. The molecule has 0 radical (unpaired) electrons. The molecule has 2 aromatic carbocycles. The van der Waals surface area contributed by atoms with Crippen LogP contribution in [0.4, 0.5) is 10.1 Å². The fourth-order valence-electron chi connectivity index (χ4n) is 2.55. The molecule has 1 aliphatic rings. The number of esters is 1. The van der Waals surface area contributed by atoms with E-state index in [0.29, 0.717) is 23.6 Å². The van der Waals surface area contributed by atoms with Gasteiger partial charge in [-0.25, -0.2) is 9.18 Å². The maximum absolute atomic E-state index is 13.1. The highest BCUT2D eigenvalue weighted by molar-refractivity contribution is 8.00. The predicted octanol–water partition coefficient (Wildman–Crippen LogP) is 3.78. The Bertz CT molecular complexity index is 746. The normalized spacial score (nSPS) is 17.2. The Hall–Kier alpha value is -2.34. The van der Waals surface area contributed by atoms with Crippen molar-refractivity contribution in [3.05, 3.63) is 65.5 Å². The first-order valence-electron chi connectivity index (χ1n) is 7.56. The summed E-state index contributed by atoms with van der Waals surface area (Å²) in [6, 6.07) is 12.9. The molecule has 24 heavy (non-hydrogen) atoms. The number of halogens is 1. The molecule has 1 aliphatic heterocycles. The molecular weight excluding hydrogens is 329 g/mol. The topological polar surface area (TPSA) is 46.6 Å². The quantitative estimate of drug-likeness (QED) is 0.791. The number of nitrogens with zero attached hydrogens (tertiary/aromatic N) is 1. The van der Waals surface area contributed by atoms with Gasteiger partial charge in [0.2, 0.25) is 5.91 Å². The minimum Gasteiger partial charge on any atom is -0.462 e. The molecule has 1 amide bonds. The molecule has 0 aromatic heterocycles. The molecule has 2 aromatic rings. The zero-order chi connectivity index (χ0) is 17.1. The highest BCUT2D eigenvalue weighted by atomic mass is 32.2. The second-order valence-corrected chi connectivity index (χ2v) is 6.31. The van der Waals surface area contributed by atoms with Gasteiger partial charge in [-0.3, -0.25) is 9.69 Å². The summed E-state index contributed by atoms with van der Waals surface area (Å²) >= 11 is 1.49. The number of rotatable bonds is 4. The molecule has 0 saturated carbocycles. The monoisotopic (exact) mass is 345 g/mol. The largest absolute Gasteiger partial charge is 0.462 e. The van der Waals surface area contributed by atoms with E-state index < -0.39 is 0 Å². The zero-order valence-corrected chi connectivity index (χ0v) is 13.9. The van der Waals surface area contributed by atoms with Crippen LogP contribution in [0.1, 0.15) is 28.2 Å². The summed E-state index contributed by atoms with van der Waals surface area (Å²) in [5.74, 6) is -0.348. The molecule has 1 heterocycles. The van der Waals surface area contributed by atoms with Crippen molar-refractivity contribution in [2.75, 3.05) is 17.3 Å².